The molecule has 1 heterocycles. The Labute approximate surface area is 176 Å². The highest BCUT2D eigenvalue weighted by Crippen LogP contribution is 2.43. The Morgan fingerprint density at radius 1 is 1.18 bits per heavy atom. The van der Waals surface area contributed by atoms with Gasteiger partial charge in [0.2, 0.25) is 11.8 Å². The highest BCUT2D eigenvalue weighted by atomic mass is 35.5. The average Bonchev–Trinajstić information content (AvgIpc) is 2.70. The van der Waals surface area contributed by atoms with E-state index in [0.29, 0.717) is 28.2 Å². The van der Waals surface area contributed by atoms with Crippen LogP contribution < -0.4 is 10.1 Å². The second-order valence-electron chi connectivity index (χ2n) is 7.31. The average molecular weight is 421 g/mol. The van der Waals surface area contributed by atoms with Crippen molar-refractivity contribution in [1.82, 2.24) is 4.98 Å². The third-order valence-electron chi connectivity index (χ3n) is 5.33. The van der Waals surface area contributed by atoms with E-state index < -0.39 is 5.41 Å². The summed E-state index contributed by atoms with van der Waals surface area (Å²) in [5, 5.41) is 4.15. The lowest BCUT2D eigenvalue weighted by Crippen LogP contribution is -2.42. The predicted molar refractivity (Wildman–Crippen MR) is 114 cm³/mol. The second-order valence-corrected chi connectivity index (χ2v) is 8.15. The number of carbonyl (C=O) groups is 1. The molecule has 150 valence electrons. The summed E-state index contributed by atoms with van der Waals surface area (Å²) < 4.78 is 5.59. The van der Waals surface area contributed by atoms with Crippen LogP contribution in [0.4, 0.5) is 5.69 Å². The molecule has 0 unspecified atom stereocenters. The molecule has 0 bridgehead atoms. The van der Waals surface area contributed by atoms with Gasteiger partial charge in [-0.1, -0.05) is 61.9 Å². The van der Waals surface area contributed by atoms with Crippen LogP contribution in [0, 0.1) is 0 Å². The number of halogens is 2. The fourth-order valence-electron chi connectivity index (χ4n) is 3.76. The highest BCUT2D eigenvalue weighted by Gasteiger charge is 2.42. The van der Waals surface area contributed by atoms with Gasteiger partial charge >= 0.3 is 0 Å². The zero-order valence-electron chi connectivity index (χ0n) is 16.1. The number of hydrogen-bond acceptors (Lipinski definition) is 3. The fraction of sp³-hybridized carbons (Fsp3) is 0.455. The summed E-state index contributed by atoms with van der Waals surface area (Å²) in [5.74, 6) is 0.525. The maximum absolute atomic E-state index is 13.4. The highest BCUT2D eigenvalue weighted by molar-refractivity contribution is 6.35. The lowest BCUT2D eigenvalue weighted by Gasteiger charge is -2.37. The molecule has 0 atom stereocenters. The third kappa shape index (κ3) is 4.79. The van der Waals surface area contributed by atoms with Gasteiger partial charge in [-0.05, 0) is 43.0 Å². The van der Waals surface area contributed by atoms with Crippen molar-refractivity contribution in [1.29, 1.82) is 0 Å². The number of carbonyl (C=O) groups excluding carboxylic acids is 1. The summed E-state index contributed by atoms with van der Waals surface area (Å²) in [4.78, 5) is 17.7. The molecule has 0 aliphatic heterocycles. The SMILES string of the molecule is CCCCOc1ccc(NC(=O)C2(c3ccc(Cl)cc3Cl)CCCCC2)cn1. The van der Waals surface area contributed by atoms with Crippen LogP contribution in [-0.2, 0) is 10.2 Å². The Morgan fingerprint density at radius 2 is 1.96 bits per heavy atom. The molecule has 1 aliphatic rings. The number of nitrogens with one attached hydrogen (secondary N) is 1. The van der Waals surface area contributed by atoms with Gasteiger partial charge in [0.15, 0.2) is 0 Å². The maximum Gasteiger partial charge on any atom is 0.235 e. The summed E-state index contributed by atoms with van der Waals surface area (Å²) in [6.07, 6.45) is 8.36. The molecule has 28 heavy (non-hydrogen) atoms. The van der Waals surface area contributed by atoms with Crippen molar-refractivity contribution in [3.05, 3.63) is 52.1 Å². The van der Waals surface area contributed by atoms with E-state index in [4.69, 9.17) is 27.9 Å². The van der Waals surface area contributed by atoms with Crippen molar-refractivity contribution in [3.63, 3.8) is 0 Å². The van der Waals surface area contributed by atoms with Crippen molar-refractivity contribution in [2.75, 3.05) is 11.9 Å². The van der Waals surface area contributed by atoms with Crippen LogP contribution in [0.3, 0.4) is 0 Å². The summed E-state index contributed by atoms with van der Waals surface area (Å²) in [7, 11) is 0. The molecule has 1 aromatic heterocycles. The minimum absolute atomic E-state index is 0.0436. The number of unbranched alkanes of at least 4 members (excludes halogenated alkanes) is 1. The fourth-order valence-corrected chi connectivity index (χ4v) is 4.35. The van der Waals surface area contributed by atoms with Gasteiger partial charge in [0.05, 0.1) is 23.9 Å². The van der Waals surface area contributed by atoms with Gasteiger partial charge < -0.3 is 10.1 Å². The van der Waals surface area contributed by atoms with E-state index in [2.05, 4.69) is 17.2 Å². The van der Waals surface area contributed by atoms with Crippen molar-refractivity contribution < 1.29 is 9.53 Å². The van der Waals surface area contributed by atoms with E-state index in [0.717, 1.165) is 50.5 Å². The second kappa shape index (κ2) is 9.62. The maximum atomic E-state index is 13.4. The van der Waals surface area contributed by atoms with E-state index in [9.17, 15) is 4.79 Å². The molecular weight excluding hydrogens is 395 g/mol. The van der Waals surface area contributed by atoms with Gasteiger partial charge in [-0.25, -0.2) is 4.98 Å². The van der Waals surface area contributed by atoms with Gasteiger partial charge in [0.1, 0.15) is 0 Å². The first-order chi connectivity index (χ1) is 13.5. The van der Waals surface area contributed by atoms with Crippen molar-refractivity contribution in [3.8, 4) is 5.88 Å². The van der Waals surface area contributed by atoms with E-state index in [-0.39, 0.29) is 5.91 Å². The molecule has 6 heteroatoms. The van der Waals surface area contributed by atoms with Crippen LogP contribution in [0.2, 0.25) is 10.0 Å². The van der Waals surface area contributed by atoms with Crippen LogP contribution in [-0.4, -0.2) is 17.5 Å². The quantitative estimate of drug-likeness (QED) is 0.526. The minimum atomic E-state index is -0.643. The molecule has 1 fully saturated rings. The molecule has 1 amide bonds. The van der Waals surface area contributed by atoms with E-state index in [1.54, 1.807) is 24.4 Å². The smallest absolute Gasteiger partial charge is 0.235 e. The lowest BCUT2D eigenvalue weighted by molar-refractivity contribution is -0.122. The molecule has 2 aromatic rings. The summed E-state index contributed by atoms with van der Waals surface area (Å²) in [6.45, 7) is 2.76. The summed E-state index contributed by atoms with van der Waals surface area (Å²) in [6, 6.07) is 9.02. The van der Waals surface area contributed by atoms with Crippen LogP contribution in [0.1, 0.15) is 57.4 Å². The van der Waals surface area contributed by atoms with E-state index >= 15 is 0 Å². The van der Waals surface area contributed by atoms with Crippen LogP contribution in [0.25, 0.3) is 0 Å². The first kappa shape index (κ1) is 20.9. The number of rotatable bonds is 7. The Morgan fingerprint density at radius 3 is 2.61 bits per heavy atom. The first-order valence-electron chi connectivity index (χ1n) is 9.91. The molecule has 1 saturated carbocycles. The van der Waals surface area contributed by atoms with Gasteiger partial charge in [-0.3, -0.25) is 4.79 Å². The van der Waals surface area contributed by atoms with Gasteiger partial charge in [-0.15, -0.1) is 0 Å². The molecule has 1 N–H and O–H groups in total. The minimum Gasteiger partial charge on any atom is -0.478 e. The molecule has 1 aromatic carbocycles. The topological polar surface area (TPSA) is 51.2 Å². The molecular formula is C22H26Cl2N2O2. The number of benzene rings is 1. The first-order valence-corrected chi connectivity index (χ1v) is 10.7. The number of hydrogen-bond donors (Lipinski definition) is 1. The lowest BCUT2D eigenvalue weighted by atomic mass is 9.68. The zero-order valence-corrected chi connectivity index (χ0v) is 17.7. The number of amides is 1. The number of ether oxygens (including phenoxy) is 1. The Bertz CT molecular complexity index is 803. The largest absolute Gasteiger partial charge is 0.478 e. The molecule has 0 saturated heterocycles. The summed E-state index contributed by atoms with van der Waals surface area (Å²) in [5.41, 5.74) is 0.863. The monoisotopic (exact) mass is 420 g/mol. The van der Waals surface area contributed by atoms with Crippen LogP contribution in [0.5, 0.6) is 5.88 Å². The molecule has 3 rings (SSSR count). The van der Waals surface area contributed by atoms with Crippen molar-refractivity contribution in [2.24, 2.45) is 0 Å². The van der Waals surface area contributed by atoms with E-state index in [1.165, 1.54) is 0 Å². The molecule has 1 aliphatic carbocycles. The Balaban J connectivity index is 1.79. The van der Waals surface area contributed by atoms with Crippen LogP contribution in [0.15, 0.2) is 36.5 Å². The van der Waals surface area contributed by atoms with Crippen molar-refractivity contribution in [2.45, 2.75) is 57.3 Å². The zero-order chi connectivity index (χ0) is 20.0. The number of pyridine rings is 1. The van der Waals surface area contributed by atoms with Gasteiger partial charge in [0.25, 0.3) is 0 Å². The van der Waals surface area contributed by atoms with Crippen LogP contribution >= 0.6 is 23.2 Å². The Hall–Kier alpha value is -1.78. The standard InChI is InChI=1S/C22H26Cl2N2O2/c1-2-3-13-28-20-10-8-17(15-25-20)26-21(27)22(11-5-4-6-12-22)18-9-7-16(23)14-19(18)24/h7-10,14-15H,2-6,11-13H2,1H3,(H,26,27). The number of aromatic nitrogens is 1. The summed E-state index contributed by atoms with van der Waals surface area (Å²) >= 11 is 12.6. The van der Waals surface area contributed by atoms with Crippen molar-refractivity contribution >= 4 is 34.8 Å². The number of nitrogens with zero attached hydrogens (tertiary/aromatic N) is 1. The predicted octanol–water partition coefficient (Wildman–Crippen LogP) is 6.41. The van der Waals surface area contributed by atoms with E-state index in [1.807, 2.05) is 12.1 Å². The third-order valence-corrected chi connectivity index (χ3v) is 5.88. The number of anilines is 1. The normalized spacial score (nSPS) is 15.8. The van der Waals surface area contributed by atoms with Gasteiger partial charge in [0, 0.05) is 16.1 Å². The molecule has 0 radical (unpaired) electrons. The molecule has 4 nitrogen and oxygen atoms in total. The Kier molecular flexibility index (Phi) is 7.19. The molecule has 0 spiro atoms. The van der Waals surface area contributed by atoms with Gasteiger partial charge in [-0.2, -0.15) is 0 Å².